The van der Waals surface area contributed by atoms with Crippen LogP contribution < -0.4 is 5.32 Å². The van der Waals surface area contributed by atoms with Crippen molar-refractivity contribution in [3.63, 3.8) is 0 Å². The molecule has 2 saturated carbocycles. The first-order valence-electron chi connectivity index (χ1n) is 11.1. The minimum absolute atomic E-state index is 0.0874. The van der Waals surface area contributed by atoms with Crippen molar-refractivity contribution in [1.82, 2.24) is 15.1 Å². The molecule has 1 aromatic rings. The van der Waals surface area contributed by atoms with E-state index < -0.39 is 24.3 Å². The minimum Gasteiger partial charge on any atom is -0.335 e. The van der Waals surface area contributed by atoms with Gasteiger partial charge in [-0.05, 0) is 37.8 Å². The molecule has 5 amide bonds. The summed E-state index contributed by atoms with van der Waals surface area (Å²) in [5, 5.41) is 3.04. The van der Waals surface area contributed by atoms with Crippen molar-refractivity contribution in [2.75, 3.05) is 6.54 Å². The van der Waals surface area contributed by atoms with Crippen molar-refractivity contribution < 1.29 is 19.2 Å². The van der Waals surface area contributed by atoms with E-state index in [0.717, 1.165) is 62.7 Å². The van der Waals surface area contributed by atoms with Gasteiger partial charge in [0, 0.05) is 12.1 Å². The summed E-state index contributed by atoms with van der Waals surface area (Å²) >= 11 is 0. The molecule has 1 aliphatic heterocycles. The van der Waals surface area contributed by atoms with Crippen LogP contribution in [0.5, 0.6) is 0 Å². The van der Waals surface area contributed by atoms with Gasteiger partial charge < -0.3 is 5.32 Å². The second-order valence-corrected chi connectivity index (χ2v) is 8.58. The fourth-order valence-corrected chi connectivity index (χ4v) is 4.91. The van der Waals surface area contributed by atoms with Crippen LogP contribution in [0.2, 0.25) is 0 Å². The molecule has 7 nitrogen and oxygen atoms in total. The topological polar surface area (TPSA) is 86.8 Å². The van der Waals surface area contributed by atoms with Crippen LogP contribution in [0.15, 0.2) is 24.3 Å². The van der Waals surface area contributed by atoms with Crippen LogP contribution >= 0.6 is 0 Å². The average molecular weight is 412 g/mol. The SMILES string of the molecule is O=C1c2ccccc2C(=O)N1CC(=O)N(C(=O)NC1CCCCC1)C1CCCCC1. The monoisotopic (exact) mass is 411 g/mol. The van der Waals surface area contributed by atoms with Crippen molar-refractivity contribution in [2.24, 2.45) is 0 Å². The Labute approximate surface area is 176 Å². The number of fused-ring (bicyclic) bond motifs is 1. The number of carbonyl (C=O) groups excluding carboxylic acids is 4. The second kappa shape index (κ2) is 8.98. The molecule has 160 valence electrons. The van der Waals surface area contributed by atoms with E-state index in [-0.39, 0.29) is 18.1 Å². The van der Waals surface area contributed by atoms with Gasteiger partial charge in [0.1, 0.15) is 6.54 Å². The number of carbonyl (C=O) groups is 4. The summed E-state index contributed by atoms with van der Waals surface area (Å²) in [6.07, 6.45) is 9.77. The third kappa shape index (κ3) is 4.11. The number of nitrogens with one attached hydrogen (secondary N) is 1. The van der Waals surface area contributed by atoms with Crippen LogP contribution in [-0.2, 0) is 4.79 Å². The molecule has 0 spiro atoms. The minimum atomic E-state index is -0.482. The average Bonchev–Trinajstić information content (AvgIpc) is 3.00. The van der Waals surface area contributed by atoms with Crippen LogP contribution in [0, 0.1) is 0 Å². The molecule has 4 rings (SSSR count). The van der Waals surface area contributed by atoms with E-state index in [2.05, 4.69) is 5.32 Å². The first-order chi connectivity index (χ1) is 14.6. The Morgan fingerprint density at radius 1 is 0.867 bits per heavy atom. The second-order valence-electron chi connectivity index (χ2n) is 8.58. The van der Waals surface area contributed by atoms with E-state index in [4.69, 9.17) is 0 Å². The molecule has 2 fully saturated rings. The van der Waals surface area contributed by atoms with Crippen molar-refractivity contribution in [3.8, 4) is 0 Å². The van der Waals surface area contributed by atoms with Gasteiger partial charge in [0.05, 0.1) is 11.1 Å². The Hall–Kier alpha value is -2.70. The Morgan fingerprint density at radius 2 is 1.40 bits per heavy atom. The number of urea groups is 1. The van der Waals surface area contributed by atoms with E-state index in [1.165, 1.54) is 11.3 Å². The van der Waals surface area contributed by atoms with Crippen molar-refractivity contribution in [2.45, 2.75) is 76.3 Å². The Morgan fingerprint density at radius 3 is 1.97 bits per heavy atom. The quantitative estimate of drug-likeness (QED) is 0.769. The molecular formula is C23H29N3O4. The highest BCUT2D eigenvalue weighted by atomic mass is 16.2. The summed E-state index contributed by atoms with van der Waals surface area (Å²) in [6.45, 7) is -0.402. The number of rotatable bonds is 4. The van der Waals surface area contributed by atoms with Crippen LogP contribution in [0.1, 0.15) is 84.9 Å². The van der Waals surface area contributed by atoms with Gasteiger partial charge in [-0.1, -0.05) is 50.7 Å². The third-order valence-electron chi connectivity index (χ3n) is 6.53. The molecular weight excluding hydrogens is 382 g/mol. The molecule has 30 heavy (non-hydrogen) atoms. The predicted molar refractivity (Wildman–Crippen MR) is 111 cm³/mol. The number of hydrogen-bond acceptors (Lipinski definition) is 4. The lowest BCUT2D eigenvalue weighted by Crippen LogP contribution is -2.55. The lowest BCUT2D eigenvalue weighted by molar-refractivity contribution is -0.131. The van der Waals surface area contributed by atoms with E-state index in [1.54, 1.807) is 24.3 Å². The molecule has 2 aliphatic carbocycles. The smallest absolute Gasteiger partial charge is 0.324 e. The Balaban J connectivity index is 1.50. The van der Waals surface area contributed by atoms with E-state index >= 15 is 0 Å². The predicted octanol–water partition coefficient (Wildman–Crippen LogP) is 3.49. The molecule has 0 aromatic heterocycles. The molecule has 1 heterocycles. The lowest BCUT2D eigenvalue weighted by Gasteiger charge is -2.35. The molecule has 0 radical (unpaired) electrons. The van der Waals surface area contributed by atoms with Gasteiger partial charge >= 0.3 is 6.03 Å². The number of benzene rings is 1. The molecule has 0 bridgehead atoms. The van der Waals surface area contributed by atoms with E-state index in [9.17, 15) is 19.2 Å². The molecule has 0 atom stereocenters. The number of amides is 5. The molecule has 7 heteroatoms. The summed E-state index contributed by atoms with van der Waals surface area (Å²) in [6, 6.07) is 6.11. The van der Waals surface area contributed by atoms with Crippen LogP contribution in [-0.4, -0.2) is 52.2 Å². The maximum atomic E-state index is 13.2. The third-order valence-corrected chi connectivity index (χ3v) is 6.53. The van der Waals surface area contributed by atoms with Gasteiger partial charge in [-0.25, -0.2) is 4.79 Å². The van der Waals surface area contributed by atoms with Gasteiger partial charge in [-0.15, -0.1) is 0 Å². The van der Waals surface area contributed by atoms with Crippen LogP contribution in [0.25, 0.3) is 0 Å². The Kier molecular flexibility index (Phi) is 6.16. The highest BCUT2D eigenvalue weighted by Gasteiger charge is 2.39. The van der Waals surface area contributed by atoms with Crippen molar-refractivity contribution in [1.29, 1.82) is 0 Å². The van der Waals surface area contributed by atoms with Gasteiger partial charge in [0.25, 0.3) is 17.7 Å². The fraction of sp³-hybridized carbons (Fsp3) is 0.565. The van der Waals surface area contributed by atoms with E-state index in [1.807, 2.05) is 0 Å². The standard InChI is InChI=1S/C23H29N3O4/c27-20(15-25-21(28)18-13-7-8-14-19(18)22(25)29)26(17-11-5-2-6-12-17)23(30)24-16-9-3-1-4-10-16/h7-8,13-14,16-17H,1-6,9-12,15H2,(H,24,30). The van der Waals surface area contributed by atoms with Gasteiger partial charge in [-0.3, -0.25) is 24.2 Å². The summed E-state index contributed by atoms with van der Waals surface area (Å²) in [4.78, 5) is 54.0. The molecule has 1 aromatic carbocycles. The molecule has 0 unspecified atom stereocenters. The Bertz CT molecular complexity index is 806. The van der Waals surface area contributed by atoms with Crippen molar-refractivity contribution in [3.05, 3.63) is 35.4 Å². The zero-order chi connectivity index (χ0) is 21.1. The van der Waals surface area contributed by atoms with Gasteiger partial charge in [-0.2, -0.15) is 0 Å². The molecule has 0 saturated heterocycles. The summed E-state index contributed by atoms with van der Waals surface area (Å²) in [7, 11) is 0. The summed E-state index contributed by atoms with van der Waals surface area (Å²) in [5.74, 6) is -1.43. The van der Waals surface area contributed by atoms with Crippen LogP contribution in [0.4, 0.5) is 4.79 Å². The fourth-order valence-electron chi connectivity index (χ4n) is 4.91. The van der Waals surface area contributed by atoms with Gasteiger partial charge in [0.15, 0.2) is 0 Å². The normalized spacial score (nSPS) is 20.2. The molecule has 1 N–H and O–H groups in total. The van der Waals surface area contributed by atoms with Gasteiger partial charge in [0.2, 0.25) is 0 Å². The maximum absolute atomic E-state index is 13.2. The highest BCUT2D eigenvalue weighted by Crippen LogP contribution is 2.26. The first-order valence-corrected chi connectivity index (χ1v) is 11.1. The number of nitrogens with zero attached hydrogens (tertiary/aromatic N) is 2. The summed E-state index contributed by atoms with van der Waals surface area (Å²) < 4.78 is 0. The van der Waals surface area contributed by atoms with Crippen LogP contribution in [0.3, 0.4) is 0 Å². The summed E-state index contributed by atoms with van der Waals surface area (Å²) in [5.41, 5.74) is 0.623. The molecule has 3 aliphatic rings. The van der Waals surface area contributed by atoms with Crippen molar-refractivity contribution >= 4 is 23.8 Å². The number of imide groups is 2. The lowest BCUT2D eigenvalue weighted by atomic mass is 9.93. The zero-order valence-corrected chi connectivity index (χ0v) is 17.3. The first kappa shape index (κ1) is 20.6. The zero-order valence-electron chi connectivity index (χ0n) is 17.3. The number of hydrogen-bond donors (Lipinski definition) is 1. The maximum Gasteiger partial charge on any atom is 0.324 e. The largest absolute Gasteiger partial charge is 0.335 e. The highest BCUT2D eigenvalue weighted by molar-refractivity contribution is 6.22. The van der Waals surface area contributed by atoms with E-state index in [0.29, 0.717) is 11.1 Å².